The van der Waals surface area contributed by atoms with Gasteiger partial charge in [0.05, 0.1) is 12.1 Å². The topological polar surface area (TPSA) is 96.6 Å². The molecule has 0 saturated carbocycles. The Hall–Kier alpha value is -3.55. The van der Waals surface area contributed by atoms with E-state index in [0.29, 0.717) is 28.2 Å². The number of aliphatic carboxylic acids is 1. The van der Waals surface area contributed by atoms with Crippen LogP contribution in [0.25, 0.3) is 11.2 Å². The maximum atomic E-state index is 13.5. The van der Waals surface area contributed by atoms with Crippen LogP contribution in [0.15, 0.2) is 30.3 Å². The molecule has 1 aliphatic carbocycles. The van der Waals surface area contributed by atoms with Gasteiger partial charge in [0.2, 0.25) is 0 Å². The molecule has 4 rings (SSSR count). The van der Waals surface area contributed by atoms with Gasteiger partial charge in [-0.25, -0.2) is 13.9 Å². The van der Waals surface area contributed by atoms with Crippen molar-refractivity contribution in [1.29, 1.82) is 0 Å². The predicted octanol–water partition coefficient (Wildman–Crippen LogP) is 4.64. The maximum absolute atomic E-state index is 13.5. The van der Waals surface area contributed by atoms with Crippen molar-refractivity contribution in [2.75, 3.05) is 0 Å². The van der Waals surface area contributed by atoms with Crippen molar-refractivity contribution < 1.29 is 19.1 Å². The molecule has 3 aromatic rings. The van der Waals surface area contributed by atoms with Crippen LogP contribution in [0.5, 0.6) is 0 Å². The fourth-order valence-electron chi connectivity index (χ4n) is 4.34. The minimum Gasteiger partial charge on any atom is -0.481 e. The molecule has 1 aromatic carbocycles. The minimum absolute atomic E-state index is 0.170. The number of hydrogen-bond acceptors (Lipinski definition) is 4. The third-order valence-corrected chi connectivity index (χ3v) is 6.42. The zero-order valence-corrected chi connectivity index (χ0v) is 19.9. The number of amides is 1. The highest BCUT2D eigenvalue weighted by atomic mass is 19.1. The summed E-state index contributed by atoms with van der Waals surface area (Å²) >= 11 is 0. The second-order valence-corrected chi connectivity index (χ2v) is 9.76. The summed E-state index contributed by atoms with van der Waals surface area (Å²) in [4.78, 5) is 29.0. The van der Waals surface area contributed by atoms with Gasteiger partial charge in [-0.3, -0.25) is 9.59 Å². The average Bonchev–Trinajstić information content (AvgIpc) is 3.18. The number of carbonyl (C=O) groups is 2. The van der Waals surface area contributed by atoms with Crippen LogP contribution in [0.4, 0.5) is 4.39 Å². The molecule has 7 nitrogen and oxygen atoms in total. The summed E-state index contributed by atoms with van der Waals surface area (Å²) in [7, 11) is 0. The standard InChI is InChI=1S/C26H29FN4O3/c1-15-11-17(5-6-20(15)27)14-28-25(34)21-13-22-29-16(2)19(12-23(32)33)24(31(22)30-21)18-7-9-26(3,4)10-8-18/h5-7,11,13H,8-10,12,14H2,1-4H3,(H,28,34)(H,32,33). The van der Waals surface area contributed by atoms with E-state index in [1.807, 2.05) is 0 Å². The first kappa shape index (κ1) is 23.6. The number of carbonyl (C=O) groups excluding carboxylic acids is 1. The van der Waals surface area contributed by atoms with Crippen LogP contribution < -0.4 is 5.32 Å². The van der Waals surface area contributed by atoms with Gasteiger partial charge in [0.1, 0.15) is 5.82 Å². The molecule has 1 aliphatic rings. The molecule has 2 N–H and O–H groups in total. The number of nitrogens with one attached hydrogen (secondary N) is 1. The van der Waals surface area contributed by atoms with Crippen LogP contribution in [-0.4, -0.2) is 31.6 Å². The van der Waals surface area contributed by atoms with E-state index < -0.39 is 5.97 Å². The van der Waals surface area contributed by atoms with Crippen LogP contribution in [0.1, 0.15) is 71.7 Å². The first-order valence-corrected chi connectivity index (χ1v) is 11.4. The van der Waals surface area contributed by atoms with Gasteiger partial charge in [-0.05, 0) is 61.3 Å². The number of halogens is 1. The van der Waals surface area contributed by atoms with Crippen molar-refractivity contribution in [3.8, 4) is 0 Å². The molecule has 0 atom stereocenters. The van der Waals surface area contributed by atoms with E-state index in [1.54, 1.807) is 36.6 Å². The smallest absolute Gasteiger partial charge is 0.307 e. The molecule has 0 spiro atoms. The highest BCUT2D eigenvalue weighted by Crippen LogP contribution is 2.39. The fraction of sp³-hybridized carbons (Fsp3) is 0.385. The summed E-state index contributed by atoms with van der Waals surface area (Å²) in [5, 5.41) is 16.9. The summed E-state index contributed by atoms with van der Waals surface area (Å²) < 4.78 is 15.1. The number of hydrogen-bond donors (Lipinski definition) is 2. The molecule has 178 valence electrons. The van der Waals surface area contributed by atoms with Gasteiger partial charge in [-0.15, -0.1) is 0 Å². The lowest BCUT2D eigenvalue weighted by molar-refractivity contribution is -0.136. The molecule has 1 amide bonds. The average molecular weight is 465 g/mol. The van der Waals surface area contributed by atoms with Gasteiger partial charge in [0, 0.05) is 23.9 Å². The Balaban J connectivity index is 1.70. The van der Waals surface area contributed by atoms with Gasteiger partial charge in [-0.1, -0.05) is 32.1 Å². The summed E-state index contributed by atoms with van der Waals surface area (Å²) in [5.74, 6) is -1.61. The number of carboxylic acids is 1. The van der Waals surface area contributed by atoms with E-state index in [4.69, 9.17) is 0 Å². The molecule has 0 radical (unpaired) electrons. The molecule has 0 saturated heterocycles. The zero-order valence-electron chi connectivity index (χ0n) is 19.9. The van der Waals surface area contributed by atoms with Gasteiger partial charge >= 0.3 is 5.97 Å². The number of aryl methyl sites for hydroxylation is 2. The Morgan fingerprint density at radius 2 is 2.00 bits per heavy atom. The van der Waals surface area contributed by atoms with Crippen molar-refractivity contribution in [3.05, 3.63) is 69.9 Å². The van der Waals surface area contributed by atoms with Crippen molar-refractivity contribution >= 4 is 23.1 Å². The van der Waals surface area contributed by atoms with E-state index in [-0.39, 0.29) is 35.8 Å². The number of benzene rings is 1. The highest BCUT2D eigenvalue weighted by Gasteiger charge is 2.27. The maximum Gasteiger partial charge on any atom is 0.307 e. The molecule has 0 fully saturated rings. The molecule has 2 aromatic heterocycles. The van der Waals surface area contributed by atoms with Crippen molar-refractivity contribution in [1.82, 2.24) is 19.9 Å². The van der Waals surface area contributed by atoms with E-state index in [0.717, 1.165) is 30.4 Å². The lowest BCUT2D eigenvalue weighted by atomic mass is 9.77. The number of rotatable bonds is 6. The highest BCUT2D eigenvalue weighted by molar-refractivity contribution is 5.93. The van der Waals surface area contributed by atoms with Gasteiger partial charge in [-0.2, -0.15) is 5.10 Å². The van der Waals surface area contributed by atoms with Crippen molar-refractivity contribution in [2.45, 2.75) is 59.9 Å². The van der Waals surface area contributed by atoms with Crippen molar-refractivity contribution in [3.63, 3.8) is 0 Å². The van der Waals surface area contributed by atoms with E-state index in [1.165, 1.54) is 6.07 Å². The largest absolute Gasteiger partial charge is 0.481 e. The molecule has 8 heteroatoms. The Bertz CT molecular complexity index is 1320. The molecule has 0 unspecified atom stereocenters. The van der Waals surface area contributed by atoms with Crippen molar-refractivity contribution in [2.24, 2.45) is 5.41 Å². The molecular weight excluding hydrogens is 435 g/mol. The van der Waals surface area contributed by atoms with E-state index in [2.05, 4.69) is 35.3 Å². The van der Waals surface area contributed by atoms with E-state index in [9.17, 15) is 19.1 Å². The first-order chi connectivity index (χ1) is 16.0. The molecule has 34 heavy (non-hydrogen) atoms. The fourth-order valence-corrected chi connectivity index (χ4v) is 4.34. The summed E-state index contributed by atoms with van der Waals surface area (Å²) in [6, 6.07) is 6.31. The lowest BCUT2D eigenvalue weighted by Gasteiger charge is -2.29. The SMILES string of the molecule is Cc1cc(CNC(=O)c2cc3nc(C)c(CC(=O)O)c(C4=CCC(C)(C)CC4)n3n2)ccc1F. The Morgan fingerprint density at radius 3 is 2.65 bits per heavy atom. The summed E-state index contributed by atoms with van der Waals surface area (Å²) in [6.07, 6.45) is 4.63. The molecule has 0 aliphatic heterocycles. The third-order valence-electron chi connectivity index (χ3n) is 6.42. The number of fused-ring (bicyclic) bond motifs is 1. The van der Waals surface area contributed by atoms with Crippen LogP contribution in [-0.2, 0) is 17.8 Å². The summed E-state index contributed by atoms with van der Waals surface area (Å²) in [5.41, 5.74) is 5.14. The third kappa shape index (κ3) is 4.85. The second-order valence-electron chi connectivity index (χ2n) is 9.76. The van der Waals surface area contributed by atoms with Crippen LogP contribution in [0.2, 0.25) is 0 Å². The van der Waals surface area contributed by atoms with Gasteiger partial charge in [0.15, 0.2) is 11.3 Å². The molecular formula is C26H29FN4O3. The zero-order chi connectivity index (χ0) is 24.6. The van der Waals surface area contributed by atoms with E-state index >= 15 is 0 Å². The minimum atomic E-state index is -0.943. The second kappa shape index (κ2) is 9.00. The number of aromatic nitrogens is 3. The van der Waals surface area contributed by atoms with Crippen LogP contribution >= 0.6 is 0 Å². The lowest BCUT2D eigenvalue weighted by Crippen LogP contribution is -2.23. The number of nitrogens with zero attached hydrogens (tertiary/aromatic N) is 3. The number of allylic oxidation sites excluding steroid dienone is 2. The predicted molar refractivity (Wildman–Crippen MR) is 127 cm³/mol. The Kier molecular flexibility index (Phi) is 6.25. The Labute approximate surface area is 197 Å². The number of carboxylic acid groups (broad SMARTS) is 1. The summed E-state index contributed by atoms with van der Waals surface area (Å²) in [6.45, 7) is 8.13. The normalized spacial score (nSPS) is 15.3. The Morgan fingerprint density at radius 1 is 1.24 bits per heavy atom. The quantitative estimate of drug-likeness (QED) is 0.554. The molecule has 2 heterocycles. The van der Waals surface area contributed by atoms with Crippen LogP contribution in [0, 0.1) is 25.1 Å². The monoisotopic (exact) mass is 464 g/mol. The van der Waals surface area contributed by atoms with Gasteiger partial charge in [0.25, 0.3) is 5.91 Å². The van der Waals surface area contributed by atoms with Crippen LogP contribution in [0.3, 0.4) is 0 Å². The molecule has 0 bridgehead atoms. The van der Waals surface area contributed by atoms with Gasteiger partial charge < -0.3 is 10.4 Å². The first-order valence-electron chi connectivity index (χ1n) is 11.4.